The number of nitrogens with zero attached hydrogens (tertiary/aromatic N) is 2. The van der Waals surface area contributed by atoms with Crippen LogP contribution in [-0.2, 0) is 6.54 Å². The van der Waals surface area contributed by atoms with Gasteiger partial charge in [0.15, 0.2) is 0 Å². The van der Waals surface area contributed by atoms with Gasteiger partial charge >= 0.3 is 0 Å². The van der Waals surface area contributed by atoms with E-state index in [0.29, 0.717) is 6.42 Å². The van der Waals surface area contributed by atoms with Crippen LogP contribution in [0.1, 0.15) is 36.8 Å². The van der Waals surface area contributed by atoms with Crippen molar-refractivity contribution in [2.45, 2.75) is 32.1 Å². The first-order valence-electron chi connectivity index (χ1n) is 6.23. The number of para-hydroxylation sites is 1. The van der Waals surface area contributed by atoms with Gasteiger partial charge in [0.2, 0.25) is 0 Å². The molecule has 4 nitrogen and oxygen atoms in total. The highest BCUT2D eigenvalue weighted by atomic mass is 16.5. The van der Waals surface area contributed by atoms with Crippen LogP contribution in [0, 0.1) is 0 Å². The van der Waals surface area contributed by atoms with Crippen molar-refractivity contribution in [3.8, 4) is 5.75 Å². The van der Waals surface area contributed by atoms with Crippen LogP contribution in [0.25, 0.3) is 0 Å². The number of benzene rings is 1. The van der Waals surface area contributed by atoms with Gasteiger partial charge in [-0.2, -0.15) is 0 Å². The summed E-state index contributed by atoms with van der Waals surface area (Å²) in [5.74, 6) is 0.769. The monoisotopic (exact) mass is 244 g/mol. The summed E-state index contributed by atoms with van der Waals surface area (Å²) in [6.07, 6.45) is 3.58. The zero-order valence-corrected chi connectivity index (χ0v) is 10.3. The number of ether oxygens (including phenoxy) is 1. The molecule has 3 rings (SSSR count). The molecule has 1 aliphatic rings. The van der Waals surface area contributed by atoms with E-state index in [0.717, 1.165) is 23.6 Å². The third kappa shape index (κ3) is 1.78. The number of rotatable bonds is 2. The fourth-order valence-corrected chi connectivity index (χ4v) is 2.44. The summed E-state index contributed by atoms with van der Waals surface area (Å²) in [6, 6.07) is 7.65. The molecule has 0 saturated carbocycles. The molecule has 0 radical (unpaired) electrons. The molecule has 0 bridgehead atoms. The molecule has 2 atom stereocenters. The molecule has 0 aliphatic carbocycles. The maximum Gasteiger partial charge on any atom is 0.143 e. The van der Waals surface area contributed by atoms with Crippen molar-refractivity contribution in [2.75, 3.05) is 0 Å². The molecule has 1 unspecified atom stereocenters. The van der Waals surface area contributed by atoms with E-state index in [-0.39, 0.29) is 6.10 Å². The summed E-state index contributed by atoms with van der Waals surface area (Å²) < 4.78 is 8.02. The van der Waals surface area contributed by atoms with Crippen LogP contribution in [0.5, 0.6) is 5.75 Å². The van der Waals surface area contributed by atoms with Crippen molar-refractivity contribution >= 4 is 0 Å². The van der Waals surface area contributed by atoms with E-state index >= 15 is 0 Å². The van der Waals surface area contributed by atoms with Gasteiger partial charge in [-0.3, -0.25) is 0 Å². The Morgan fingerprint density at radius 3 is 3.11 bits per heavy atom. The van der Waals surface area contributed by atoms with E-state index < -0.39 is 6.10 Å². The van der Waals surface area contributed by atoms with Crippen LogP contribution in [0.3, 0.4) is 0 Å². The number of fused-ring (bicyclic) bond motifs is 1. The average Bonchev–Trinajstić information content (AvgIpc) is 2.87. The van der Waals surface area contributed by atoms with Crippen molar-refractivity contribution in [1.82, 2.24) is 9.55 Å². The number of hydrogen-bond acceptors (Lipinski definition) is 3. The fourth-order valence-electron chi connectivity index (χ4n) is 2.44. The maximum atomic E-state index is 10.2. The lowest BCUT2D eigenvalue weighted by molar-refractivity contribution is 0.0619. The van der Waals surface area contributed by atoms with E-state index in [1.165, 1.54) is 0 Å². The van der Waals surface area contributed by atoms with Crippen LogP contribution in [0.15, 0.2) is 36.8 Å². The van der Waals surface area contributed by atoms with Gasteiger partial charge in [0.25, 0.3) is 0 Å². The van der Waals surface area contributed by atoms with Gasteiger partial charge in [0.1, 0.15) is 11.9 Å². The Morgan fingerprint density at radius 1 is 1.44 bits per heavy atom. The summed E-state index contributed by atoms with van der Waals surface area (Å²) in [7, 11) is 0. The lowest BCUT2D eigenvalue weighted by Crippen LogP contribution is -2.21. The molecule has 1 aromatic heterocycles. The van der Waals surface area contributed by atoms with Crippen LogP contribution >= 0.6 is 0 Å². The van der Waals surface area contributed by atoms with Crippen molar-refractivity contribution < 1.29 is 9.84 Å². The molecule has 0 spiro atoms. The molecule has 1 aromatic carbocycles. The molecule has 0 fully saturated rings. The highest BCUT2D eigenvalue weighted by molar-refractivity contribution is 5.37. The van der Waals surface area contributed by atoms with Gasteiger partial charge in [-0.05, 0) is 13.0 Å². The summed E-state index contributed by atoms with van der Waals surface area (Å²) >= 11 is 0. The lowest BCUT2D eigenvalue weighted by atomic mass is 9.98. The van der Waals surface area contributed by atoms with Gasteiger partial charge in [-0.1, -0.05) is 18.2 Å². The SMILES string of the molecule is CCn1cncc1C1C[C@@H](O)c2ccccc2O1. The molecule has 0 saturated heterocycles. The van der Waals surface area contributed by atoms with Crippen LogP contribution < -0.4 is 4.74 Å². The zero-order chi connectivity index (χ0) is 12.5. The second kappa shape index (κ2) is 4.46. The molecule has 4 heteroatoms. The second-order valence-electron chi connectivity index (χ2n) is 4.50. The summed E-state index contributed by atoms with van der Waals surface area (Å²) in [5, 5.41) is 10.2. The van der Waals surface area contributed by atoms with Gasteiger partial charge in [0.05, 0.1) is 24.3 Å². The van der Waals surface area contributed by atoms with Crippen LogP contribution in [0.4, 0.5) is 0 Å². The maximum absolute atomic E-state index is 10.2. The first-order valence-corrected chi connectivity index (χ1v) is 6.23. The Balaban J connectivity index is 1.94. The Kier molecular flexibility index (Phi) is 2.80. The normalized spacial score (nSPS) is 22.3. The molecular weight excluding hydrogens is 228 g/mol. The van der Waals surface area contributed by atoms with Gasteiger partial charge in [-0.25, -0.2) is 4.98 Å². The molecule has 18 heavy (non-hydrogen) atoms. The Morgan fingerprint density at radius 2 is 2.28 bits per heavy atom. The summed E-state index contributed by atoms with van der Waals surface area (Å²) in [4.78, 5) is 4.15. The highest BCUT2D eigenvalue weighted by Crippen LogP contribution is 2.40. The first-order chi connectivity index (χ1) is 8.79. The van der Waals surface area contributed by atoms with Crippen LogP contribution in [-0.4, -0.2) is 14.7 Å². The van der Waals surface area contributed by atoms with E-state index in [4.69, 9.17) is 4.74 Å². The van der Waals surface area contributed by atoms with E-state index in [1.807, 2.05) is 35.0 Å². The molecular formula is C14H16N2O2. The summed E-state index contributed by atoms with van der Waals surface area (Å²) in [5.41, 5.74) is 1.89. The Labute approximate surface area is 106 Å². The Hall–Kier alpha value is -1.81. The third-order valence-electron chi connectivity index (χ3n) is 3.40. The van der Waals surface area contributed by atoms with Gasteiger partial charge in [-0.15, -0.1) is 0 Å². The number of aryl methyl sites for hydroxylation is 1. The largest absolute Gasteiger partial charge is 0.484 e. The zero-order valence-electron chi connectivity index (χ0n) is 10.3. The highest BCUT2D eigenvalue weighted by Gasteiger charge is 2.29. The minimum absolute atomic E-state index is 0.127. The number of aliphatic hydroxyl groups is 1. The van der Waals surface area contributed by atoms with Gasteiger partial charge in [0, 0.05) is 18.5 Å². The first kappa shape index (κ1) is 11.3. The van der Waals surface area contributed by atoms with E-state index in [2.05, 4.69) is 11.9 Å². The number of aliphatic hydroxyl groups excluding tert-OH is 1. The quantitative estimate of drug-likeness (QED) is 0.882. The predicted molar refractivity (Wildman–Crippen MR) is 67.3 cm³/mol. The molecule has 2 aromatic rings. The van der Waals surface area contributed by atoms with E-state index in [1.54, 1.807) is 6.33 Å². The fraction of sp³-hybridized carbons (Fsp3) is 0.357. The van der Waals surface area contributed by atoms with Crippen molar-refractivity contribution in [3.05, 3.63) is 48.0 Å². The molecule has 0 amide bonds. The summed E-state index contributed by atoms with van der Waals surface area (Å²) in [6.45, 7) is 2.92. The molecule has 2 heterocycles. The second-order valence-corrected chi connectivity index (χ2v) is 4.50. The smallest absolute Gasteiger partial charge is 0.143 e. The van der Waals surface area contributed by atoms with E-state index in [9.17, 15) is 5.11 Å². The number of imidazole rings is 1. The molecule has 94 valence electrons. The number of aromatic nitrogens is 2. The van der Waals surface area contributed by atoms with Crippen molar-refractivity contribution in [3.63, 3.8) is 0 Å². The van der Waals surface area contributed by atoms with Crippen molar-refractivity contribution in [1.29, 1.82) is 0 Å². The standard InChI is InChI=1S/C14H16N2O2/c1-2-16-9-15-8-11(16)14-7-12(17)10-5-3-4-6-13(10)18-14/h3-6,8-9,12,14,17H,2,7H2,1H3/t12-,14?/m1/s1. The third-order valence-corrected chi connectivity index (χ3v) is 3.40. The number of hydrogen-bond donors (Lipinski definition) is 1. The average molecular weight is 244 g/mol. The van der Waals surface area contributed by atoms with Crippen LogP contribution in [0.2, 0.25) is 0 Å². The van der Waals surface area contributed by atoms with Crippen molar-refractivity contribution in [2.24, 2.45) is 0 Å². The minimum Gasteiger partial charge on any atom is -0.484 e. The minimum atomic E-state index is -0.472. The van der Waals surface area contributed by atoms with Gasteiger partial charge < -0.3 is 14.4 Å². The molecule has 1 N–H and O–H groups in total. The lowest BCUT2D eigenvalue weighted by Gasteiger charge is -2.29. The Bertz CT molecular complexity index is 550. The predicted octanol–water partition coefficient (Wildman–Crippen LogP) is 2.46. The topological polar surface area (TPSA) is 47.3 Å². The molecule has 1 aliphatic heterocycles.